The Bertz CT molecular complexity index is 1150. The number of halogens is 3. The summed E-state index contributed by atoms with van der Waals surface area (Å²) < 4.78 is 6.05. The van der Waals surface area contributed by atoms with Crippen LogP contribution >= 0.6 is 34.8 Å². The molecular formula is C24H18Cl3NO. The zero-order chi connectivity index (χ0) is 20.2. The molecule has 0 aromatic heterocycles. The van der Waals surface area contributed by atoms with Gasteiger partial charge >= 0.3 is 0 Å². The molecule has 146 valence electrons. The number of hydrogen-bond acceptors (Lipinski definition) is 2. The minimum Gasteiger partial charge on any atom is -0.488 e. The second kappa shape index (κ2) is 8.96. The Hall–Kier alpha value is -2.39. The molecule has 4 rings (SSSR count). The Labute approximate surface area is 185 Å². The van der Waals surface area contributed by atoms with E-state index in [4.69, 9.17) is 39.5 Å². The van der Waals surface area contributed by atoms with Crippen molar-refractivity contribution in [1.82, 2.24) is 0 Å². The molecular weight excluding hydrogens is 425 g/mol. The van der Waals surface area contributed by atoms with E-state index in [0.29, 0.717) is 28.2 Å². The predicted molar refractivity (Wildman–Crippen MR) is 124 cm³/mol. The second-order valence-electron chi connectivity index (χ2n) is 6.66. The summed E-state index contributed by atoms with van der Waals surface area (Å²) in [5.74, 6) is 0.758. The minimum absolute atomic E-state index is 0.346. The van der Waals surface area contributed by atoms with Crippen molar-refractivity contribution < 1.29 is 4.74 Å². The van der Waals surface area contributed by atoms with Crippen molar-refractivity contribution in [3.05, 3.63) is 105 Å². The highest BCUT2D eigenvalue weighted by molar-refractivity contribution is 6.35. The molecule has 0 saturated carbocycles. The lowest BCUT2D eigenvalue weighted by atomic mass is 10.1. The van der Waals surface area contributed by atoms with Crippen molar-refractivity contribution in [3.8, 4) is 5.75 Å². The molecule has 4 aromatic rings. The largest absolute Gasteiger partial charge is 0.488 e. The molecule has 0 heterocycles. The average molecular weight is 443 g/mol. The normalized spacial score (nSPS) is 10.9. The fraction of sp³-hybridized carbons (Fsp3) is 0.0833. The number of hydrogen-bond donors (Lipinski definition) is 1. The number of ether oxygens (including phenoxy) is 1. The van der Waals surface area contributed by atoms with Crippen LogP contribution in [0.25, 0.3) is 10.8 Å². The number of benzene rings is 4. The third-order valence-electron chi connectivity index (χ3n) is 4.68. The molecule has 0 fully saturated rings. The van der Waals surface area contributed by atoms with Gasteiger partial charge in [-0.2, -0.15) is 0 Å². The van der Waals surface area contributed by atoms with Crippen molar-refractivity contribution >= 4 is 51.3 Å². The van der Waals surface area contributed by atoms with Crippen LogP contribution in [0.1, 0.15) is 11.1 Å². The summed E-state index contributed by atoms with van der Waals surface area (Å²) in [5.41, 5.74) is 2.91. The van der Waals surface area contributed by atoms with Crippen LogP contribution in [0, 0.1) is 0 Å². The van der Waals surface area contributed by atoms with Crippen LogP contribution in [0.5, 0.6) is 5.75 Å². The highest BCUT2D eigenvalue weighted by atomic mass is 35.5. The lowest BCUT2D eigenvalue weighted by molar-refractivity contribution is 0.303. The van der Waals surface area contributed by atoms with Gasteiger partial charge in [-0.15, -0.1) is 0 Å². The zero-order valence-electron chi connectivity index (χ0n) is 15.5. The van der Waals surface area contributed by atoms with E-state index >= 15 is 0 Å². The molecule has 2 nitrogen and oxygen atoms in total. The number of fused-ring (bicyclic) bond motifs is 1. The monoisotopic (exact) mass is 441 g/mol. The lowest BCUT2D eigenvalue weighted by Crippen LogP contribution is -2.04. The Morgan fingerprint density at radius 3 is 2.34 bits per heavy atom. The predicted octanol–water partition coefficient (Wildman–Crippen LogP) is 7.99. The van der Waals surface area contributed by atoms with Crippen LogP contribution in [0.3, 0.4) is 0 Å². The lowest BCUT2D eigenvalue weighted by Gasteiger charge is -2.15. The highest BCUT2D eigenvalue weighted by Crippen LogP contribution is 2.29. The molecule has 0 atom stereocenters. The summed E-state index contributed by atoms with van der Waals surface area (Å²) in [6, 6.07) is 25.5. The number of rotatable bonds is 6. The van der Waals surface area contributed by atoms with E-state index in [9.17, 15) is 0 Å². The Morgan fingerprint density at radius 2 is 1.48 bits per heavy atom. The Kier molecular flexibility index (Phi) is 6.15. The third-order valence-corrected chi connectivity index (χ3v) is 5.50. The van der Waals surface area contributed by atoms with E-state index in [1.54, 1.807) is 12.1 Å². The van der Waals surface area contributed by atoms with Gasteiger partial charge in [0.25, 0.3) is 0 Å². The maximum Gasteiger partial charge on any atom is 0.124 e. The van der Waals surface area contributed by atoms with Crippen molar-refractivity contribution in [2.24, 2.45) is 0 Å². The van der Waals surface area contributed by atoms with Gasteiger partial charge in [-0.3, -0.25) is 0 Å². The van der Waals surface area contributed by atoms with Gasteiger partial charge in [0.15, 0.2) is 0 Å². The molecule has 5 heteroatoms. The molecule has 4 aromatic carbocycles. The van der Waals surface area contributed by atoms with Crippen LogP contribution in [-0.4, -0.2) is 0 Å². The highest BCUT2D eigenvalue weighted by Gasteiger charge is 2.09. The fourth-order valence-corrected chi connectivity index (χ4v) is 3.85. The first-order valence-corrected chi connectivity index (χ1v) is 10.3. The fourth-order valence-electron chi connectivity index (χ4n) is 3.19. The standard InChI is InChI=1S/C24H18Cl3NO/c25-19-10-11-24(29-15-17-8-9-20(26)13-22(17)27)18(12-19)14-28-23-7-3-5-16-4-1-2-6-21(16)23/h1-13,28H,14-15H2. The summed E-state index contributed by atoms with van der Waals surface area (Å²) in [6.07, 6.45) is 0. The molecule has 0 spiro atoms. The minimum atomic E-state index is 0.346. The first-order chi connectivity index (χ1) is 14.1. The molecule has 1 N–H and O–H groups in total. The van der Waals surface area contributed by atoms with Crippen molar-refractivity contribution in [2.75, 3.05) is 5.32 Å². The summed E-state index contributed by atoms with van der Waals surface area (Å²) in [6.45, 7) is 0.928. The molecule has 0 aliphatic rings. The van der Waals surface area contributed by atoms with Gasteiger partial charge in [-0.05, 0) is 41.8 Å². The van der Waals surface area contributed by atoms with Gasteiger partial charge in [0.1, 0.15) is 12.4 Å². The van der Waals surface area contributed by atoms with E-state index < -0.39 is 0 Å². The Morgan fingerprint density at radius 1 is 0.724 bits per heavy atom. The van der Waals surface area contributed by atoms with Gasteiger partial charge in [-0.25, -0.2) is 0 Å². The van der Waals surface area contributed by atoms with Gasteiger partial charge in [-0.1, -0.05) is 77.3 Å². The van der Waals surface area contributed by atoms with Crippen LogP contribution in [0.4, 0.5) is 5.69 Å². The molecule has 0 bridgehead atoms. The second-order valence-corrected chi connectivity index (χ2v) is 7.94. The van der Waals surface area contributed by atoms with Crippen LogP contribution in [0.2, 0.25) is 15.1 Å². The van der Waals surface area contributed by atoms with Crippen molar-refractivity contribution in [2.45, 2.75) is 13.2 Å². The van der Waals surface area contributed by atoms with Crippen molar-refractivity contribution in [3.63, 3.8) is 0 Å². The van der Waals surface area contributed by atoms with E-state index in [0.717, 1.165) is 22.6 Å². The molecule has 0 aliphatic carbocycles. The number of nitrogens with one attached hydrogen (secondary N) is 1. The molecule has 0 amide bonds. The van der Waals surface area contributed by atoms with E-state index in [1.165, 1.54) is 10.8 Å². The van der Waals surface area contributed by atoms with Gasteiger partial charge in [0.05, 0.1) is 0 Å². The maximum atomic E-state index is 6.26. The summed E-state index contributed by atoms with van der Waals surface area (Å²) in [4.78, 5) is 0. The first-order valence-electron chi connectivity index (χ1n) is 9.17. The smallest absolute Gasteiger partial charge is 0.124 e. The van der Waals surface area contributed by atoms with Gasteiger partial charge in [0.2, 0.25) is 0 Å². The molecule has 29 heavy (non-hydrogen) atoms. The van der Waals surface area contributed by atoms with Gasteiger partial charge < -0.3 is 10.1 Å². The Balaban J connectivity index is 1.53. The van der Waals surface area contributed by atoms with Crippen LogP contribution in [0.15, 0.2) is 78.9 Å². The summed E-state index contributed by atoms with van der Waals surface area (Å²) >= 11 is 18.5. The van der Waals surface area contributed by atoms with Gasteiger partial charge in [0, 0.05) is 43.8 Å². The van der Waals surface area contributed by atoms with Crippen molar-refractivity contribution in [1.29, 1.82) is 0 Å². The molecule has 0 saturated heterocycles. The average Bonchev–Trinajstić information content (AvgIpc) is 2.72. The molecule has 0 aliphatic heterocycles. The molecule has 0 radical (unpaired) electrons. The van der Waals surface area contributed by atoms with E-state index in [-0.39, 0.29) is 0 Å². The van der Waals surface area contributed by atoms with Crippen LogP contribution in [-0.2, 0) is 13.2 Å². The summed E-state index contributed by atoms with van der Waals surface area (Å²) in [5, 5.41) is 7.72. The number of anilines is 1. The van der Waals surface area contributed by atoms with E-state index in [1.807, 2.05) is 42.5 Å². The van der Waals surface area contributed by atoms with E-state index in [2.05, 4.69) is 29.6 Å². The maximum absolute atomic E-state index is 6.26. The van der Waals surface area contributed by atoms with Crippen LogP contribution < -0.4 is 10.1 Å². The topological polar surface area (TPSA) is 21.3 Å². The third kappa shape index (κ3) is 4.79. The summed E-state index contributed by atoms with van der Waals surface area (Å²) in [7, 11) is 0. The molecule has 0 unspecified atom stereocenters. The SMILES string of the molecule is Clc1ccc(COc2ccc(Cl)cc2CNc2cccc3ccccc23)c(Cl)c1. The quantitative estimate of drug-likeness (QED) is 0.327. The zero-order valence-corrected chi connectivity index (χ0v) is 17.7. The first kappa shape index (κ1) is 19.9.